The van der Waals surface area contributed by atoms with Crippen molar-refractivity contribution in [3.05, 3.63) is 57.3 Å². The molecule has 4 rings (SSSR count). The minimum atomic E-state index is -3.83. The molecule has 14 heteroatoms. The number of ether oxygens (including phenoxy) is 2. The molecule has 2 aromatic carbocycles. The van der Waals surface area contributed by atoms with Crippen molar-refractivity contribution in [2.24, 2.45) is 4.99 Å². The average Bonchev–Trinajstić information content (AvgIpc) is 3.28. The molecular formula is C26H29ClN4O7S2. The second-order valence-corrected chi connectivity index (χ2v) is 12.2. The number of sulfonamides is 1. The molecule has 0 atom stereocenters. The van der Waals surface area contributed by atoms with E-state index in [2.05, 4.69) is 4.99 Å². The van der Waals surface area contributed by atoms with E-state index in [1.807, 2.05) is 6.92 Å². The van der Waals surface area contributed by atoms with E-state index in [0.29, 0.717) is 10.5 Å². The zero-order chi connectivity index (χ0) is 29.0. The van der Waals surface area contributed by atoms with E-state index in [1.165, 1.54) is 44.8 Å². The van der Waals surface area contributed by atoms with Crippen LogP contribution < -0.4 is 4.80 Å². The van der Waals surface area contributed by atoms with Gasteiger partial charge >= 0.3 is 12.1 Å². The van der Waals surface area contributed by atoms with E-state index < -0.39 is 28.0 Å². The van der Waals surface area contributed by atoms with E-state index in [-0.39, 0.29) is 61.2 Å². The Morgan fingerprint density at radius 2 is 1.62 bits per heavy atom. The first-order valence-corrected chi connectivity index (χ1v) is 15.2. The number of hydrogen-bond donors (Lipinski definition) is 0. The van der Waals surface area contributed by atoms with Crippen LogP contribution in [0.4, 0.5) is 4.79 Å². The van der Waals surface area contributed by atoms with Gasteiger partial charge in [0.05, 0.1) is 28.3 Å². The van der Waals surface area contributed by atoms with Gasteiger partial charge in [0, 0.05) is 36.8 Å². The Kier molecular flexibility index (Phi) is 9.29. The predicted octanol–water partition coefficient (Wildman–Crippen LogP) is 3.43. The Labute approximate surface area is 240 Å². The maximum absolute atomic E-state index is 13.1. The molecule has 1 aliphatic heterocycles. The first-order chi connectivity index (χ1) is 19.1. The quantitative estimate of drug-likeness (QED) is 0.376. The number of carbonyl (C=O) groups excluding carboxylic acids is 3. The number of piperazine rings is 1. The number of benzene rings is 2. The van der Waals surface area contributed by atoms with Gasteiger partial charge in [-0.05, 0) is 62.7 Å². The van der Waals surface area contributed by atoms with Crippen LogP contribution in [0.5, 0.6) is 0 Å². The van der Waals surface area contributed by atoms with Gasteiger partial charge in [0.2, 0.25) is 10.0 Å². The molecule has 2 amide bonds. The lowest BCUT2D eigenvalue weighted by Gasteiger charge is -2.33. The summed E-state index contributed by atoms with van der Waals surface area (Å²) in [6.45, 7) is 6.25. The number of nitrogens with zero attached hydrogens (tertiary/aromatic N) is 4. The molecular weight excluding hydrogens is 580 g/mol. The van der Waals surface area contributed by atoms with Crippen molar-refractivity contribution in [1.29, 1.82) is 0 Å². The lowest BCUT2D eigenvalue weighted by atomic mass is 10.2. The van der Waals surface area contributed by atoms with Gasteiger partial charge in [0.1, 0.15) is 6.54 Å². The number of carbonyl (C=O) groups is 3. The average molecular weight is 609 g/mol. The highest BCUT2D eigenvalue weighted by Crippen LogP contribution is 2.27. The molecule has 214 valence electrons. The van der Waals surface area contributed by atoms with E-state index in [1.54, 1.807) is 30.5 Å². The van der Waals surface area contributed by atoms with Gasteiger partial charge in [-0.25, -0.2) is 13.2 Å². The third kappa shape index (κ3) is 6.22. The largest absolute Gasteiger partial charge is 0.465 e. The minimum absolute atomic E-state index is 0.0261. The van der Waals surface area contributed by atoms with Gasteiger partial charge < -0.3 is 18.9 Å². The Morgan fingerprint density at radius 1 is 0.975 bits per heavy atom. The van der Waals surface area contributed by atoms with Crippen LogP contribution in [0.25, 0.3) is 10.2 Å². The van der Waals surface area contributed by atoms with Gasteiger partial charge in [0.25, 0.3) is 5.91 Å². The van der Waals surface area contributed by atoms with Crippen molar-refractivity contribution in [2.45, 2.75) is 32.2 Å². The fourth-order valence-corrected chi connectivity index (χ4v) is 6.94. The Morgan fingerprint density at radius 3 is 2.25 bits per heavy atom. The first kappa shape index (κ1) is 29.7. The van der Waals surface area contributed by atoms with Crippen LogP contribution in [0.1, 0.15) is 29.8 Å². The molecule has 0 bridgehead atoms. The molecule has 1 fully saturated rings. The SMILES string of the molecule is CCOC(=O)Cn1c(=NC(=O)c2ccc(S(=O)(=O)N3CCN(C(=O)OCC)CC3)cc2)sc2ccc(Cl)c(C)c21. The molecule has 0 N–H and O–H groups in total. The fraction of sp³-hybridized carbons (Fsp3) is 0.385. The highest BCUT2D eigenvalue weighted by molar-refractivity contribution is 7.89. The number of esters is 1. The highest BCUT2D eigenvalue weighted by Gasteiger charge is 2.30. The highest BCUT2D eigenvalue weighted by atomic mass is 35.5. The summed E-state index contributed by atoms with van der Waals surface area (Å²) in [6, 6.07) is 9.06. The number of amides is 2. The van der Waals surface area contributed by atoms with Crippen LogP contribution in [-0.2, 0) is 30.8 Å². The summed E-state index contributed by atoms with van der Waals surface area (Å²) in [6.07, 6.45) is -0.466. The molecule has 0 radical (unpaired) electrons. The molecule has 0 unspecified atom stereocenters. The molecule has 0 spiro atoms. The summed E-state index contributed by atoms with van der Waals surface area (Å²) in [7, 11) is -3.83. The Hall–Kier alpha value is -3.26. The van der Waals surface area contributed by atoms with Crippen LogP contribution in [0, 0.1) is 6.92 Å². The number of rotatable bonds is 7. The van der Waals surface area contributed by atoms with E-state index in [0.717, 1.165) is 10.3 Å². The molecule has 0 saturated carbocycles. The molecule has 1 aliphatic rings. The number of fused-ring (bicyclic) bond motifs is 1. The normalized spacial score (nSPS) is 14.9. The number of hydrogen-bond acceptors (Lipinski definition) is 8. The molecule has 2 heterocycles. The Balaban J connectivity index is 1.58. The van der Waals surface area contributed by atoms with Crippen molar-refractivity contribution >= 4 is 61.1 Å². The monoisotopic (exact) mass is 608 g/mol. The van der Waals surface area contributed by atoms with Gasteiger partial charge in [-0.1, -0.05) is 22.9 Å². The summed E-state index contributed by atoms with van der Waals surface area (Å²) in [5.74, 6) is -1.08. The maximum atomic E-state index is 13.1. The number of aromatic nitrogens is 1. The molecule has 1 saturated heterocycles. The zero-order valence-electron chi connectivity index (χ0n) is 22.3. The predicted molar refractivity (Wildman–Crippen MR) is 150 cm³/mol. The number of aryl methyl sites for hydroxylation is 1. The number of thiazole rings is 1. The summed E-state index contributed by atoms with van der Waals surface area (Å²) in [5.41, 5.74) is 1.61. The maximum Gasteiger partial charge on any atom is 0.409 e. The van der Waals surface area contributed by atoms with Gasteiger partial charge in [-0.3, -0.25) is 9.59 Å². The summed E-state index contributed by atoms with van der Waals surface area (Å²) >= 11 is 7.54. The molecule has 1 aromatic heterocycles. The van der Waals surface area contributed by atoms with Crippen molar-refractivity contribution in [1.82, 2.24) is 13.8 Å². The fourth-order valence-electron chi connectivity index (χ4n) is 4.28. The van der Waals surface area contributed by atoms with Crippen molar-refractivity contribution in [3.63, 3.8) is 0 Å². The molecule has 11 nitrogen and oxygen atoms in total. The smallest absolute Gasteiger partial charge is 0.409 e. The van der Waals surface area contributed by atoms with Crippen LogP contribution in [0.15, 0.2) is 46.3 Å². The van der Waals surface area contributed by atoms with Crippen molar-refractivity contribution < 1.29 is 32.3 Å². The van der Waals surface area contributed by atoms with Crippen molar-refractivity contribution in [2.75, 3.05) is 39.4 Å². The van der Waals surface area contributed by atoms with Crippen LogP contribution >= 0.6 is 22.9 Å². The van der Waals surface area contributed by atoms with E-state index in [4.69, 9.17) is 21.1 Å². The standard InChI is InChI=1S/C26H29ClN4O7S2/c1-4-37-22(32)16-31-23-17(3)20(27)10-11-21(23)39-25(31)28-24(33)18-6-8-19(9-7-18)40(35,36)30-14-12-29(13-15-30)26(34)38-5-2/h6-11H,4-5,12-16H2,1-3H3. The van der Waals surface area contributed by atoms with E-state index >= 15 is 0 Å². The first-order valence-electron chi connectivity index (χ1n) is 12.6. The van der Waals surface area contributed by atoms with Crippen LogP contribution in [0.3, 0.4) is 0 Å². The third-order valence-corrected chi connectivity index (χ3v) is 9.69. The second-order valence-electron chi connectivity index (χ2n) is 8.83. The summed E-state index contributed by atoms with van der Waals surface area (Å²) in [4.78, 5) is 43.4. The molecule has 3 aromatic rings. The minimum Gasteiger partial charge on any atom is -0.465 e. The lowest BCUT2D eigenvalue weighted by molar-refractivity contribution is -0.143. The second kappa shape index (κ2) is 12.5. The molecule has 0 aliphatic carbocycles. The van der Waals surface area contributed by atoms with Crippen LogP contribution in [0.2, 0.25) is 5.02 Å². The summed E-state index contributed by atoms with van der Waals surface area (Å²) < 4.78 is 40.1. The number of halogens is 1. The third-order valence-electron chi connectivity index (χ3n) is 6.32. The lowest BCUT2D eigenvalue weighted by Crippen LogP contribution is -2.50. The topological polar surface area (TPSA) is 128 Å². The van der Waals surface area contributed by atoms with Crippen molar-refractivity contribution in [3.8, 4) is 0 Å². The van der Waals surface area contributed by atoms with Crippen LogP contribution in [-0.4, -0.2) is 79.6 Å². The van der Waals surface area contributed by atoms with Gasteiger partial charge in [-0.2, -0.15) is 9.30 Å². The van der Waals surface area contributed by atoms with Gasteiger partial charge in [-0.15, -0.1) is 0 Å². The zero-order valence-corrected chi connectivity index (χ0v) is 24.6. The van der Waals surface area contributed by atoms with Gasteiger partial charge in [0.15, 0.2) is 4.80 Å². The van der Waals surface area contributed by atoms with E-state index in [9.17, 15) is 22.8 Å². The summed E-state index contributed by atoms with van der Waals surface area (Å²) in [5, 5.41) is 0.514. The molecule has 40 heavy (non-hydrogen) atoms. The Bertz CT molecular complexity index is 1610.